The molecular formula is C16H22N4. The molecule has 0 bridgehead atoms. The molecule has 1 aromatic heterocycles. The van der Waals surface area contributed by atoms with Crippen molar-refractivity contribution in [3.8, 4) is 0 Å². The van der Waals surface area contributed by atoms with Crippen LogP contribution >= 0.6 is 0 Å². The summed E-state index contributed by atoms with van der Waals surface area (Å²) >= 11 is 0. The number of likely N-dealkylation sites (N-methyl/N-ethyl adjacent to an activating group) is 1. The second-order valence-corrected chi connectivity index (χ2v) is 5.80. The minimum atomic E-state index is 0.257. The highest BCUT2D eigenvalue weighted by Gasteiger charge is 2.44. The summed E-state index contributed by atoms with van der Waals surface area (Å²) in [5.41, 5.74) is 2.77. The summed E-state index contributed by atoms with van der Waals surface area (Å²) in [4.78, 5) is 0. The number of rotatable bonds is 5. The lowest BCUT2D eigenvalue weighted by Gasteiger charge is -2.48. The molecule has 106 valence electrons. The summed E-state index contributed by atoms with van der Waals surface area (Å²) in [5.74, 6) is 0. The Balaban J connectivity index is 1.86. The quantitative estimate of drug-likeness (QED) is 0.904. The summed E-state index contributed by atoms with van der Waals surface area (Å²) in [6.07, 6.45) is 6.76. The van der Waals surface area contributed by atoms with Crippen LogP contribution < -0.4 is 5.32 Å². The molecule has 1 heterocycles. The van der Waals surface area contributed by atoms with Crippen molar-refractivity contribution in [1.82, 2.24) is 20.3 Å². The first-order valence-electron chi connectivity index (χ1n) is 7.32. The van der Waals surface area contributed by atoms with Crippen molar-refractivity contribution in [3.05, 3.63) is 47.8 Å². The molecule has 3 rings (SSSR count). The zero-order valence-corrected chi connectivity index (χ0v) is 12.2. The molecule has 4 nitrogen and oxygen atoms in total. The first-order chi connectivity index (χ1) is 9.74. The van der Waals surface area contributed by atoms with Gasteiger partial charge in [-0.05, 0) is 25.5 Å². The van der Waals surface area contributed by atoms with Crippen LogP contribution in [0.25, 0.3) is 0 Å². The summed E-state index contributed by atoms with van der Waals surface area (Å²) < 4.78 is 1.78. The molecule has 1 aliphatic rings. The van der Waals surface area contributed by atoms with Crippen molar-refractivity contribution in [2.24, 2.45) is 7.05 Å². The minimum Gasteiger partial charge on any atom is -0.316 e. The van der Waals surface area contributed by atoms with Gasteiger partial charge in [0.05, 0.1) is 5.69 Å². The Hall–Kier alpha value is -1.68. The zero-order valence-electron chi connectivity index (χ0n) is 12.2. The fourth-order valence-electron chi connectivity index (χ4n) is 3.44. The van der Waals surface area contributed by atoms with E-state index >= 15 is 0 Å². The molecule has 0 amide bonds. The SMILES string of the molecule is CNC(Cc1cn(C)nn1)C1(c2ccccc2)CCC1. The van der Waals surface area contributed by atoms with E-state index in [2.05, 4.69) is 53.0 Å². The van der Waals surface area contributed by atoms with Gasteiger partial charge in [0.15, 0.2) is 0 Å². The Labute approximate surface area is 120 Å². The second-order valence-electron chi connectivity index (χ2n) is 5.80. The van der Waals surface area contributed by atoms with Gasteiger partial charge in [0.1, 0.15) is 0 Å². The molecule has 4 heteroatoms. The van der Waals surface area contributed by atoms with E-state index in [1.807, 2.05) is 13.2 Å². The van der Waals surface area contributed by atoms with Crippen LogP contribution in [0.5, 0.6) is 0 Å². The molecule has 2 aromatic rings. The average molecular weight is 270 g/mol. The summed E-state index contributed by atoms with van der Waals surface area (Å²) in [7, 11) is 3.98. The average Bonchev–Trinajstić information content (AvgIpc) is 2.83. The Kier molecular flexibility index (Phi) is 3.57. The lowest BCUT2D eigenvalue weighted by Crippen LogP contribution is -2.52. The highest BCUT2D eigenvalue weighted by atomic mass is 15.4. The maximum absolute atomic E-state index is 4.24. The van der Waals surface area contributed by atoms with Crippen molar-refractivity contribution >= 4 is 0 Å². The van der Waals surface area contributed by atoms with Crippen molar-refractivity contribution < 1.29 is 0 Å². The van der Waals surface area contributed by atoms with Crippen LogP contribution in [0.1, 0.15) is 30.5 Å². The first kappa shape index (κ1) is 13.3. The lowest BCUT2D eigenvalue weighted by atomic mass is 9.59. The number of nitrogens with zero attached hydrogens (tertiary/aromatic N) is 3. The van der Waals surface area contributed by atoms with E-state index in [1.165, 1.54) is 24.8 Å². The Morgan fingerprint density at radius 3 is 2.55 bits per heavy atom. The van der Waals surface area contributed by atoms with Gasteiger partial charge in [-0.3, -0.25) is 4.68 Å². The molecule has 20 heavy (non-hydrogen) atoms. The number of benzene rings is 1. The monoisotopic (exact) mass is 270 g/mol. The number of nitrogens with one attached hydrogen (secondary N) is 1. The van der Waals surface area contributed by atoms with Gasteiger partial charge in [0, 0.05) is 31.1 Å². The lowest BCUT2D eigenvalue weighted by molar-refractivity contribution is 0.173. The molecule has 1 aliphatic carbocycles. The van der Waals surface area contributed by atoms with E-state index in [0.717, 1.165) is 12.1 Å². The topological polar surface area (TPSA) is 42.7 Å². The molecule has 0 radical (unpaired) electrons. The summed E-state index contributed by atoms with van der Waals surface area (Å²) in [5, 5.41) is 11.8. The van der Waals surface area contributed by atoms with Crippen LogP contribution in [0.15, 0.2) is 36.5 Å². The molecule has 0 spiro atoms. The van der Waals surface area contributed by atoms with E-state index in [4.69, 9.17) is 0 Å². The van der Waals surface area contributed by atoms with Crippen molar-refractivity contribution in [2.45, 2.75) is 37.1 Å². The van der Waals surface area contributed by atoms with Crippen LogP contribution in [0.3, 0.4) is 0 Å². The predicted octanol–water partition coefficient (Wildman–Crippen LogP) is 2.07. The Morgan fingerprint density at radius 1 is 1.30 bits per heavy atom. The van der Waals surface area contributed by atoms with E-state index in [-0.39, 0.29) is 5.41 Å². The molecule has 0 saturated heterocycles. The maximum atomic E-state index is 4.24. The Morgan fingerprint density at radius 2 is 2.05 bits per heavy atom. The fourth-order valence-corrected chi connectivity index (χ4v) is 3.44. The third-order valence-corrected chi connectivity index (χ3v) is 4.67. The fraction of sp³-hybridized carbons (Fsp3) is 0.500. The molecular weight excluding hydrogens is 248 g/mol. The van der Waals surface area contributed by atoms with E-state index in [0.29, 0.717) is 6.04 Å². The summed E-state index contributed by atoms with van der Waals surface area (Å²) in [6.45, 7) is 0. The van der Waals surface area contributed by atoms with Gasteiger partial charge in [-0.15, -0.1) is 5.10 Å². The van der Waals surface area contributed by atoms with E-state index < -0.39 is 0 Å². The molecule has 1 aromatic carbocycles. The van der Waals surface area contributed by atoms with Crippen LogP contribution in [0, 0.1) is 0 Å². The van der Waals surface area contributed by atoms with Crippen molar-refractivity contribution in [1.29, 1.82) is 0 Å². The second kappa shape index (κ2) is 5.37. The largest absolute Gasteiger partial charge is 0.316 e. The van der Waals surface area contributed by atoms with Crippen LogP contribution in [-0.2, 0) is 18.9 Å². The molecule has 0 aliphatic heterocycles. The van der Waals surface area contributed by atoms with Gasteiger partial charge < -0.3 is 5.32 Å². The molecule has 1 fully saturated rings. The minimum absolute atomic E-state index is 0.257. The van der Waals surface area contributed by atoms with Gasteiger partial charge in [-0.1, -0.05) is 42.0 Å². The van der Waals surface area contributed by atoms with Gasteiger partial charge in [0.25, 0.3) is 0 Å². The maximum Gasteiger partial charge on any atom is 0.0842 e. The number of hydrogen-bond donors (Lipinski definition) is 1. The Bertz CT molecular complexity index is 557. The number of aromatic nitrogens is 3. The first-order valence-corrected chi connectivity index (χ1v) is 7.32. The zero-order chi connectivity index (χ0) is 14.0. The number of aryl methyl sites for hydroxylation is 1. The number of hydrogen-bond acceptors (Lipinski definition) is 3. The van der Waals surface area contributed by atoms with Crippen molar-refractivity contribution in [2.75, 3.05) is 7.05 Å². The van der Waals surface area contributed by atoms with Gasteiger partial charge in [-0.2, -0.15) is 0 Å². The smallest absolute Gasteiger partial charge is 0.0842 e. The van der Waals surface area contributed by atoms with Crippen LogP contribution in [0.4, 0.5) is 0 Å². The third-order valence-electron chi connectivity index (χ3n) is 4.67. The van der Waals surface area contributed by atoms with Crippen LogP contribution in [0.2, 0.25) is 0 Å². The highest BCUT2D eigenvalue weighted by Crippen LogP contribution is 2.47. The normalized spacial score (nSPS) is 18.5. The van der Waals surface area contributed by atoms with Crippen molar-refractivity contribution in [3.63, 3.8) is 0 Å². The van der Waals surface area contributed by atoms with Gasteiger partial charge in [-0.25, -0.2) is 0 Å². The highest BCUT2D eigenvalue weighted by molar-refractivity contribution is 5.31. The standard InChI is InChI=1S/C16H22N4/c1-17-15(11-14-12-20(2)19-18-14)16(9-6-10-16)13-7-4-3-5-8-13/h3-5,7-8,12,15,17H,6,9-11H2,1-2H3. The van der Waals surface area contributed by atoms with E-state index in [9.17, 15) is 0 Å². The molecule has 1 N–H and O–H groups in total. The van der Waals surface area contributed by atoms with Crippen LogP contribution in [-0.4, -0.2) is 28.1 Å². The summed E-state index contributed by atoms with van der Waals surface area (Å²) in [6, 6.07) is 11.3. The molecule has 1 saturated carbocycles. The van der Waals surface area contributed by atoms with E-state index in [1.54, 1.807) is 4.68 Å². The van der Waals surface area contributed by atoms with Gasteiger partial charge >= 0.3 is 0 Å². The predicted molar refractivity (Wildman–Crippen MR) is 79.5 cm³/mol. The molecule has 1 unspecified atom stereocenters. The molecule has 1 atom stereocenters. The van der Waals surface area contributed by atoms with Gasteiger partial charge in [0.2, 0.25) is 0 Å². The third kappa shape index (κ3) is 2.24.